The maximum absolute atomic E-state index is 12.4. The fourth-order valence-corrected chi connectivity index (χ4v) is 3.94. The summed E-state index contributed by atoms with van der Waals surface area (Å²) in [6, 6.07) is 12.9. The smallest absolute Gasteiger partial charge is 0.223 e. The molecule has 7 heteroatoms. The lowest BCUT2D eigenvalue weighted by Gasteiger charge is -2.31. The molecule has 0 bridgehead atoms. The van der Waals surface area contributed by atoms with Gasteiger partial charge >= 0.3 is 0 Å². The summed E-state index contributed by atoms with van der Waals surface area (Å²) in [6.07, 6.45) is 1.67. The largest absolute Gasteiger partial charge is 0.490 e. The van der Waals surface area contributed by atoms with Crippen LogP contribution in [0.1, 0.15) is 18.4 Å². The summed E-state index contributed by atoms with van der Waals surface area (Å²) in [5, 5.41) is 4.86. The zero-order valence-corrected chi connectivity index (χ0v) is 17.7. The van der Waals surface area contributed by atoms with Crippen LogP contribution < -0.4 is 10.1 Å². The van der Waals surface area contributed by atoms with Gasteiger partial charge in [0, 0.05) is 22.5 Å². The molecule has 0 spiro atoms. The minimum atomic E-state index is 0.0391. The topological polar surface area (TPSA) is 41.6 Å². The Labute approximate surface area is 180 Å². The number of hydrogen-bond acceptors (Lipinski definition) is 3. The number of hydrogen-bond donors (Lipinski definition) is 1. The number of halogens is 3. The lowest BCUT2D eigenvalue weighted by molar-refractivity contribution is -0.126. The number of piperidine rings is 1. The van der Waals surface area contributed by atoms with Crippen LogP contribution in [0.2, 0.25) is 15.1 Å². The molecule has 0 aromatic heterocycles. The van der Waals surface area contributed by atoms with Crippen LogP contribution >= 0.6 is 34.8 Å². The van der Waals surface area contributed by atoms with Crippen molar-refractivity contribution in [2.24, 2.45) is 5.92 Å². The van der Waals surface area contributed by atoms with E-state index in [9.17, 15) is 4.79 Å². The molecule has 0 saturated carbocycles. The fraction of sp³-hybridized carbons (Fsp3) is 0.381. The Hall–Kier alpha value is -1.46. The fourth-order valence-electron chi connectivity index (χ4n) is 3.29. The van der Waals surface area contributed by atoms with E-state index in [1.165, 1.54) is 0 Å². The number of carbonyl (C=O) groups excluding carboxylic acids is 1. The highest BCUT2D eigenvalue weighted by atomic mass is 35.5. The van der Waals surface area contributed by atoms with Crippen molar-refractivity contribution in [2.75, 3.05) is 26.2 Å². The number of amides is 1. The predicted octanol–water partition coefficient (Wildman–Crippen LogP) is 5.05. The second-order valence-electron chi connectivity index (χ2n) is 6.86. The molecule has 1 heterocycles. The zero-order chi connectivity index (χ0) is 19.9. The summed E-state index contributed by atoms with van der Waals surface area (Å²) in [4.78, 5) is 14.7. The summed E-state index contributed by atoms with van der Waals surface area (Å²) in [5.74, 6) is 0.761. The first-order valence-corrected chi connectivity index (χ1v) is 10.5. The number of para-hydroxylation sites is 1. The molecule has 4 nitrogen and oxygen atoms in total. The summed E-state index contributed by atoms with van der Waals surface area (Å²) in [7, 11) is 0. The van der Waals surface area contributed by atoms with Crippen LogP contribution in [-0.2, 0) is 11.3 Å². The van der Waals surface area contributed by atoms with Crippen molar-refractivity contribution < 1.29 is 9.53 Å². The van der Waals surface area contributed by atoms with E-state index in [2.05, 4.69) is 10.2 Å². The molecule has 150 valence electrons. The van der Waals surface area contributed by atoms with Gasteiger partial charge in [0.05, 0.1) is 11.6 Å². The molecule has 1 saturated heterocycles. The van der Waals surface area contributed by atoms with Crippen LogP contribution in [0.5, 0.6) is 5.75 Å². The first kappa shape index (κ1) is 21.3. The number of nitrogens with one attached hydrogen (secondary N) is 1. The first-order valence-electron chi connectivity index (χ1n) is 9.34. The maximum Gasteiger partial charge on any atom is 0.223 e. The van der Waals surface area contributed by atoms with E-state index in [1.54, 1.807) is 12.1 Å². The lowest BCUT2D eigenvalue weighted by atomic mass is 9.95. The van der Waals surface area contributed by atoms with Gasteiger partial charge in [0.15, 0.2) is 0 Å². The van der Waals surface area contributed by atoms with Gasteiger partial charge in [-0.25, -0.2) is 0 Å². The second-order valence-corrected chi connectivity index (χ2v) is 8.11. The van der Waals surface area contributed by atoms with Gasteiger partial charge < -0.3 is 10.1 Å². The van der Waals surface area contributed by atoms with Crippen LogP contribution in [-0.4, -0.2) is 37.0 Å². The maximum atomic E-state index is 12.4. The molecular weight excluding hydrogens is 419 g/mol. The van der Waals surface area contributed by atoms with Crippen molar-refractivity contribution in [3.8, 4) is 5.75 Å². The first-order chi connectivity index (χ1) is 13.5. The van der Waals surface area contributed by atoms with Gasteiger partial charge in [-0.3, -0.25) is 9.69 Å². The third-order valence-corrected chi connectivity index (χ3v) is 5.76. The van der Waals surface area contributed by atoms with Crippen molar-refractivity contribution in [3.05, 3.63) is 63.1 Å². The van der Waals surface area contributed by atoms with E-state index in [-0.39, 0.29) is 11.8 Å². The van der Waals surface area contributed by atoms with E-state index in [1.807, 2.05) is 30.3 Å². The van der Waals surface area contributed by atoms with Gasteiger partial charge in [-0.15, -0.1) is 0 Å². The highest BCUT2D eigenvalue weighted by Gasteiger charge is 2.25. The Morgan fingerprint density at radius 3 is 2.54 bits per heavy atom. The number of rotatable bonds is 7. The van der Waals surface area contributed by atoms with Gasteiger partial charge in [-0.05, 0) is 55.8 Å². The van der Waals surface area contributed by atoms with Crippen molar-refractivity contribution in [1.82, 2.24) is 10.2 Å². The average molecular weight is 442 g/mol. The van der Waals surface area contributed by atoms with Crippen molar-refractivity contribution in [2.45, 2.75) is 19.4 Å². The van der Waals surface area contributed by atoms with Gasteiger partial charge in [0.1, 0.15) is 12.4 Å². The van der Waals surface area contributed by atoms with E-state index in [4.69, 9.17) is 39.5 Å². The molecule has 0 atom stereocenters. The van der Waals surface area contributed by atoms with Crippen LogP contribution in [0, 0.1) is 5.92 Å². The predicted molar refractivity (Wildman–Crippen MR) is 114 cm³/mol. The number of nitrogens with zero attached hydrogens (tertiary/aromatic N) is 1. The van der Waals surface area contributed by atoms with Gasteiger partial charge in [-0.1, -0.05) is 53.0 Å². The average Bonchev–Trinajstić information content (AvgIpc) is 2.69. The SMILES string of the molecule is O=C(NCCOc1ccccc1Cl)C1CCN(Cc2ccc(Cl)cc2Cl)CC1. The molecule has 1 N–H and O–H groups in total. The highest BCUT2D eigenvalue weighted by molar-refractivity contribution is 6.35. The quantitative estimate of drug-likeness (QED) is 0.611. The third-order valence-electron chi connectivity index (χ3n) is 4.86. The molecule has 1 aliphatic rings. The van der Waals surface area contributed by atoms with Crippen molar-refractivity contribution >= 4 is 40.7 Å². The van der Waals surface area contributed by atoms with E-state index >= 15 is 0 Å². The summed E-state index contributed by atoms with van der Waals surface area (Å²) >= 11 is 18.3. The molecule has 28 heavy (non-hydrogen) atoms. The van der Waals surface area contributed by atoms with E-state index in [0.717, 1.165) is 38.0 Å². The van der Waals surface area contributed by atoms with Crippen molar-refractivity contribution in [1.29, 1.82) is 0 Å². The Bertz CT molecular complexity index is 808. The monoisotopic (exact) mass is 440 g/mol. The Kier molecular flexibility index (Phi) is 7.86. The Balaban J connectivity index is 1.37. The molecule has 0 unspecified atom stereocenters. The van der Waals surface area contributed by atoms with Gasteiger partial charge in [0.25, 0.3) is 0 Å². The van der Waals surface area contributed by atoms with Crippen LogP contribution in [0.3, 0.4) is 0 Å². The molecule has 1 aliphatic heterocycles. The molecular formula is C21H23Cl3N2O2. The van der Waals surface area contributed by atoms with Gasteiger partial charge in [-0.2, -0.15) is 0 Å². The Morgan fingerprint density at radius 1 is 1.07 bits per heavy atom. The Morgan fingerprint density at radius 2 is 1.82 bits per heavy atom. The third kappa shape index (κ3) is 6.02. The van der Waals surface area contributed by atoms with Crippen LogP contribution in [0.4, 0.5) is 0 Å². The summed E-state index contributed by atoms with van der Waals surface area (Å²) < 4.78 is 5.60. The number of benzene rings is 2. The molecule has 0 aliphatic carbocycles. The van der Waals surface area contributed by atoms with Gasteiger partial charge in [0.2, 0.25) is 5.91 Å². The summed E-state index contributed by atoms with van der Waals surface area (Å²) in [5.41, 5.74) is 1.06. The standard InChI is InChI=1S/C21H23Cl3N2O2/c22-17-6-5-16(19(24)13-17)14-26-10-7-15(8-11-26)21(27)25-9-12-28-20-4-2-1-3-18(20)23/h1-6,13,15H,7-12,14H2,(H,25,27). The normalized spacial score (nSPS) is 15.4. The molecule has 1 amide bonds. The van der Waals surface area contributed by atoms with E-state index < -0.39 is 0 Å². The lowest BCUT2D eigenvalue weighted by Crippen LogP contribution is -2.41. The minimum absolute atomic E-state index is 0.0391. The van der Waals surface area contributed by atoms with Crippen LogP contribution in [0.25, 0.3) is 0 Å². The van der Waals surface area contributed by atoms with Crippen LogP contribution in [0.15, 0.2) is 42.5 Å². The minimum Gasteiger partial charge on any atom is -0.490 e. The summed E-state index contributed by atoms with van der Waals surface area (Å²) in [6.45, 7) is 3.37. The molecule has 2 aromatic carbocycles. The zero-order valence-electron chi connectivity index (χ0n) is 15.5. The number of likely N-dealkylation sites (tertiary alicyclic amines) is 1. The molecule has 2 aromatic rings. The number of ether oxygens (including phenoxy) is 1. The van der Waals surface area contributed by atoms with E-state index in [0.29, 0.717) is 34.0 Å². The highest BCUT2D eigenvalue weighted by Crippen LogP contribution is 2.25. The second kappa shape index (κ2) is 10.4. The number of carbonyl (C=O) groups is 1. The molecule has 1 fully saturated rings. The van der Waals surface area contributed by atoms with Crippen molar-refractivity contribution in [3.63, 3.8) is 0 Å². The molecule has 0 radical (unpaired) electrons. The molecule has 3 rings (SSSR count).